The first-order valence-electron chi connectivity index (χ1n) is 6.44. The van der Waals surface area contributed by atoms with Gasteiger partial charge in [-0.25, -0.2) is 0 Å². The molecule has 18 heavy (non-hydrogen) atoms. The fourth-order valence-electron chi connectivity index (χ4n) is 1.66. The molecular formula is C14H23BrN2O. The summed E-state index contributed by atoms with van der Waals surface area (Å²) in [5, 5.41) is 3.37. The second kappa shape index (κ2) is 9.50. The summed E-state index contributed by atoms with van der Waals surface area (Å²) in [4.78, 5) is 2.32. The first-order valence-corrected chi connectivity index (χ1v) is 7.23. The minimum absolute atomic E-state index is 0.797. The van der Waals surface area contributed by atoms with Crippen molar-refractivity contribution in [2.75, 3.05) is 39.9 Å². The van der Waals surface area contributed by atoms with E-state index in [0.717, 1.165) is 43.9 Å². The zero-order valence-corrected chi connectivity index (χ0v) is 12.9. The van der Waals surface area contributed by atoms with Gasteiger partial charge in [-0.05, 0) is 31.7 Å². The van der Waals surface area contributed by atoms with Gasteiger partial charge in [0.15, 0.2) is 0 Å². The Morgan fingerprint density at radius 3 is 2.61 bits per heavy atom. The molecule has 0 fully saturated rings. The largest absolute Gasteiger partial charge is 0.380 e. The molecule has 1 rings (SSSR count). The predicted octanol–water partition coefficient (Wildman–Crippen LogP) is 2.51. The number of halogens is 1. The lowest BCUT2D eigenvalue weighted by Crippen LogP contribution is -2.30. The third-order valence-electron chi connectivity index (χ3n) is 2.66. The van der Waals surface area contributed by atoms with Crippen molar-refractivity contribution < 1.29 is 4.74 Å². The molecule has 4 heteroatoms. The Kier molecular flexibility index (Phi) is 8.25. The van der Waals surface area contributed by atoms with E-state index in [2.05, 4.69) is 57.5 Å². The number of ether oxygens (including phenoxy) is 1. The molecule has 1 aromatic rings. The van der Waals surface area contributed by atoms with Crippen molar-refractivity contribution in [2.45, 2.75) is 13.5 Å². The molecule has 0 aromatic heterocycles. The molecule has 0 spiro atoms. The van der Waals surface area contributed by atoms with Crippen LogP contribution in [0.15, 0.2) is 28.7 Å². The fourth-order valence-corrected chi connectivity index (χ4v) is 1.93. The molecule has 0 bridgehead atoms. The normalized spacial score (nSPS) is 11.1. The Labute approximate surface area is 119 Å². The Morgan fingerprint density at radius 2 is 1.94 bits per heavy atom. The van der Waals surface area contributed by atoms with Crippen LogP contribution in [0.3, 0.4) is 0 Å². The summed E-state index contributed by atoms with van der Waals surface area (Å²) in [6.07, 6.45) is 0. The molecule has 0 saturated carbocycles. The van der Waals surface area contributed by atoms with E-state index in [1.807, 2.05) is 6.92 Å². The standard InChI is InChI=1S/C14H23BrN2O/c1-3-18-11-9-16-8-10-17(2)12-13-4-6-14(15)7-5-13/h4-7,16H,3,8-12H2,1-2H3. The highest BCUT2D eigenvalue weighted by molar-refractivity contribution is 9.10. The molecule has 0 aliphatic carbocycles. The van der Waals surface area contributed by atoms with Crippen LogP contribution in [0.2, 0.25) is 0 Å². The molecule has 0 unspecified atom stereocenters. The molecule has 1 N–H and O–H groups in total. The Hall–Kier alpha value is -0.420. The molecular weight excluding hydrogens is 292 g/mol. The second-order valence-electron chi connectivity index (χ2n) is 4.31. The average molecular weight is 315 g/mol. The van der Waals surface area contributed by atoms with Gasteiger partial charge in [-0.1, -0.05) is 28.1 Å². The molecule has 102 valence electrons. The predicted molar refractivity (Wildman–Crippen MR) is 79.8 cm³/mol. The van der Waals surface area contributed by atoms with Crippen molar-refractivity contribution in [3.05, 3.63) is 34.3 Å². The van der Waals surface area contributed by atoms with Gasteiger partial charge < -0.3 is 15.0 Å². The van der Waals surface area contributed by atoms with Gasteiger partial charge in [0, 0.05) is 37.3 Å². The van der Waals surface area contributed by atoms with Gasteiger partial charge in [0.05, 0.1) is 6.61 Å². The first-order chi connectivity index (χ1) is 8.72. The average Bonchev–Trinajstić information content (AvgIpc) is 2.36. The van der Waals surface area contributed by atoms with E-state index >= 15 is 0 Å². The molecule has 0 saturated heterocycles. The Bertz CT molecular complexity index is 316. The Morgan fingerprint density at radius 1 is 1.22 bits per heavy atom. The number of hydrogen-bond donors (Lipinski definition) is 1. The number of hydrogen-bond acceptors (Lipinski definition) is 3. The van der Waals surface area contributed by atoms with Crippen molar-refractivity contribution in [1.29, 1.82) is 0 Å². The van der Waals surface area contributed by atoms with Crippen LogP contribution in [0.25, 0.3) is 0 Å². The van der Waals surface area contributed by atoms with E-state index in [-0.39, 0.29) is 0 Å². The highest BCUT2D eigenvalue weighted by atomic mass is 79.9. The molecule has 0 aliphatic rings. The van der Waals surface area contributed by atoms with Gasteiger partial charge in [-0.15, -0.1) is 0 Å². The van der Waals surface area contributed by atoms with Gasteiger partial charge in [-0.3, -0.25) is 0 Å². The highest BCUT2D eigenvalue weighted by Gasteiger charge is 1.99. The van der Waals surface area contributed by atoms with E-state index in [9.17, 15) is 0 Å². The van der Waals surface area contributed by atoms with Crippen LogP contribution in [0, 0.1) is 0 Å². The van der Waals surface area contributed by atoms with Crippen molar-refractivity contribution in [2.24, 2.45) is 0 Å². The summed E-state index contributed by atoms with van der Waals surface area (Å²) in [5.41, 5.74) is 1.34. The van der Waals surface area contributed by atoms with Crippen LogP contribution >= 0.6 is 15.9 Å². The van der Waals surface area contributed by atoms with Gasteiger partial charge in [0.1, 0.15) is 0 Å². The van der Waals surface area contributed by atoms with Gasteiger partial charge in [0.2, 0.25) is 0 Å². The quantitative estimate of drug-likeness (QED) is 0.709. The van der Waals surface area contributed by atoms with E-state index in [1.165, 1.54) is 5.56 Å². The summed E-state index contributed by atoms with van der Waals surface area (Å²) < 4.78 is 6.40. The minimum atomic E-state index is 0.797. The molecule has 0 aliphatic heterocycles. The van der Waals surface area contributed by atoms with Crippen molar-refractivity contribution >= 4 is 15.9 Å². The Balaban J connectivity index is 2.10. The van der Waals surface area contributed by atoms with Crippen molar-refractivity contribution in [1.82, 2.24) is 10.2 Å². The monoisotopic (exact) mass is 314 g/mol. The number of rotatable bonds is 9. The van der Waals surface area contributed by atoms with Crippen LogP contribution < -0.4 is 5.32 Å². The number of nitrogens with one attached hydrogen (secondary N) is 1. The SMILES string of the molecule is CCOCCNCCN(C)Cc1ccc(Br)cc1. The maximum Gasteiger partial charge on any atom is 0.0590 e. The van der Waals surface area contributed by atoms with Crippen LogP contribution in [-0.4, -0.2) is 44.8 Å². The summed E-state index contributed by atoms with van der Waals surface area (Å²) >= 11 is 3.45. The minimum Gasteiger partial charge on any atom is -0.380 e. The van der Waals surface area contributed by atoms with Gasteiger partial charge in [0.25, 0.3) is 0 Å². The molecule has 0 heterocycles. The molecule has 0 amide bonds. The number of nitrogens with zero attached hydrogens (tertiary/aromatic N) is 1. The van der Waals surface area contributed by atoms with Crippen LogP contribution in [0.1, 0.15) is 12.5 Å². The number of likely N-dealkylation sites (N-methyl/N-ethyl adjacent to an activating group) is 1. The lowest BCUT2D eigenvalue weighted by Gasteiger charge is -2.17. The third-order valence-corrected chi connectivity index (χ3v) is 3.19. The lowest BCUT2D eigenvalue weighted by atomic mass is 10.2. The molecule has 0 atom stereocenters. The summed E-state index contributed by atoms with van der Waals surface area (Å²) in [7, 11) is 2.15. The maximum atomic E-state index is 5.27. The van der Waals surface area contributed by atoms with Gasteiger partial charge >= 0.3 is 0 Å². The maximum absolute atomic E-state index is 5.27. The fraction of sp³-hybridized carbons (Fsp3) is 0.571. The van der Waals surface area contributed by atoms with E-state index in [4.69, 9.17) is 4.74 Å². The van der Waals surface area contributed by atoms with Crippen LogP contribution in [0.5, 0.6) is 0 Å². The summed E-state index contributed by atoms with van der Waals surface area (Å²) in [6.45, 7) is 7.58. The number of benzene rings is 1. The van der Waals surface area contributed by atoms with Crippen molar-refractivity contribution in [3.8, 4) is 0 Å². The molecule has 1 aromatic carbocycles. The zero-order valence-electron chi connectivity index (χ0n) is 11.3. The summed E-state index contributed by atoms with van der Waals surface area (Å²) in [5.74, 6) is 0. The van der Waals surface area contributed by atoms with E-state index in [0.29, 0.717) is 0 Å². The van der Waals surface area contributed by atoms with Crippen molar-refractivity contribution in [3.63, 3.8) is 0 Å². The summed E-state index contributed by atoms with van der Waals surface area (Å²) in [6, 6.07) is 8.49. The van der Waals surface area contributed by atoms with E-state index < -0.39 is 0 Å². The lowest BCUT2D eigenvalue weighted by molar-refractivity contribution is 0.148. The zero-order chi connectivity index (χ0) is 13.2. The highest BCUT2D eigenvalue weighted by Crippen LogP contribution is 2.11. The first kappa shape index (κ1) is 15.6. The third kappa shape index (κ3) is 7.11. The second-order valence-corrected chi connectivity index (χ2v) is 5.23. The smallest absolute Gasteiger partial charge is 0.0590 e. The van der Waals surface area contributed by atoms with Gasteiger partial charge in [-0.2, -0.15) is 0 Å². The van der Waals surface area contributed by atoms with Crippen LogP contribution in [0.4, 0.5) is 0 Å². The molecule has 0 radical (unpaired) electrons. The van der Waals surface area contributed by atoms with E-state index in [1.54, 1.807) is 0 Å². The molecule has 3 nitrogen and oxygen atoms in total. The topological polar surface area (TPSA) is 24.5 Å². The van der Waals surface area contributed by atoms with Crippen LogP contribution in [-0.2, 0) is 11.3 Å².